The summed E-state index contributed by atoms with van der Waals surface area (Å²) in [5, 5.41) is 1.23. The molecular weight excluding hydrogens is 382 g/mol. The fraction of sp³-hybridized carbons (Fsp3) is 0.250. The maximum absolute atomic E-state index is 12.7. The van der Waals surface area contributed by atoms with Gasteiger partial charge in [-0.3, -0.25) is 14.2 Å². The summed E-state index contributed by atoms with van der Waals surface area (Å²) in [5.74, 6) is 0.926. The zero-order valence-electron chi connectivity index (χ0n) is 14.6. The number of hydrogen-bond acceptors (Lipinski definition) is 4. The lowest BCUT2D eigenvalue weighted by Crippen LogP contribution is -2.35. The first-order chi connectivity index (χ1) is 13.1. The van der Waals surface area contributed by atoms with Crippen molar-refractivity contribution in [2.45, 2.75) is 24.3 Å². The van der Waals surface area contributed by atoms with Gasteiger partial charge in [-0.25, -0.2) is 4.98 Å². The third-order valence-corrected chi connectivity index (χ3v) is 5.88. The average molecular weight is 400 g/mol. The molecule has 0 atom stereocenters. The number of nitrogens with zero attached hydrogens (tertiary/aromatic N) is 3. The molecule has 0 fully saturated rings. The number of amides is 1. The van der Waals surface area contributed by atoms with Crippen molar-refractivity contribution < 1.29 is 4.79 Å². The number of halogens is 1. The lowest BCUT2D eigenvalue weighted by Gasteiger charge is -2.29. The molecule has 138 valence electrons. The van der Waals surface area contributed by atoms with Crippen molar-refractivity contribution in [3.05, 3.63) is 64.2 Å². The summed E-state index contributed by atoms with van der Waals surface area (Å²) in [6, 6.07) is 12.9. The summed E-state index contributed by atoms with van der Waals surface area (Å²) in [6.45, 7) is 1.14. The highest BCUT2D eigenvalue weighted by molar-refractivity contribution is 7.99. The van der Waals surface area contributed by atoms with E-state index in [1.807, 2.05) is 36.4 Å². The van der Waals surface area contributed by atoms with Gasteiger partial charge in [-0.2, -0.15) is 0 Å². The van der Waals surface area contributed by atoms with E-state index in [2.05, 4.69) is 4.98 Å². The maximum atomic E-state index is 12.7. The maximum Gasteiger partial charge on any atom is 0.261 e. The Morgan fingerprint density at radius 3 is 2.96 bits per heavy atom. The standard InChI is InChI=1S/C20H18ClN3O2S/c21-14-7-8-18-17(12-14)24(10-11-27-18)19(25)6-3-9-23-13-22-16-5-2-1-4-15(16)20(23)26/h1-2,4-5,7-8,12-13H,3,6,9-11H2. The predicted octanol–water partition coefficient (Wildman–Crippen LogP) is 3.97. The molecule has 2 aromatic carbocycles. The zero-order chi connectivity index (χ0) is 18.8. The zero-order valence-corrected chi connectivity index (χ0v) is 16.2. The predicted molar refractivity (Wildman–Crippen MR) is 110 cm³/mol. The molecule has 0 spiro atoms. The van der Waals surface area contributed by atoms with Gasteiger partial charge in [0.15, 0.2) is 0 Å². The van der Waals surface area contributed by atoms with Crippen molar-refractivity contribution in [3.8, 4) is 0 Å². The third-order valence-electron chi connectivity index (χ3n) is 4.61. The Balaban J connectivity index is 1.45. The first-order valence-electron chi connectivity index (χ1n) is 8.80. The van der Waals surface area contributed by atoms with Crippen molar-refractivity contribution >= 4 is 45.9 Å². The second-order valence-corrected chi connectivity index (χ2v) is 7.94. The molecule has 0 bridgehead atoms. The van der Waals surface area contributed by atoms with Crippen LogP contribution in [0.25, 0.3) is 10.9 Å². The summed E-state index contributed by atoms with van der Waals surface area (Å²) >= 11 is 7.84. The topological polar surface area (TPSA) is 55.2 Å². The van der Waals surface area contributed by atoms with E-state index in [0.29, 0.717) is 41.9 Å². The highest BCUT2D eigenvalue weighted by atomic mass is 35.5. The molecule has 1 aromatic heterocycles. The molecule has 0 unspecified atom stereocenters. The molecule has 0 saturated heterocycles. The summed E-state index contributed by atoms with van der Waals surface area (Å²) in [5.41, 5.74) is 1.50. The van der Waals surface area contributed by atoms with Crippen LogP contribution in [0, 0.1) is 0 Å². The number of carbonyl (C=O) groups excluding carboxylic acids is 1. The van der Waals surface area contributed by atoms with Crippen LogP contribution in [0.15, 0.2) is 58.5 Å². The minimum Gasteiger partial charge on any atom is -0.310 e. The summed E-state index contributed by atoms with van der Waals surface area (Å²) < 4.78 is 1.58. The molecule has 3 aromatic rings. The molecule has 0 radical (unpaired) electrons. The van der Waals surface area contributed by atoms with Gasteiger partial charge in [-0.15, -0.1) is 11.8 Å². The van der Waals surface area contributed by atoms with Crippen LogP contribution in [0.5, 0.6) is 0 Å². The van der Waals surface area contributed by atoms with Crippen LogP contribution in [0.2, 0.25) is 5.02 Å². The van der Waals surface area contributed by atoms with Gasteiger partial charge in [0.05, 0.1) is 22.9 Å². The largest absolute Gasteiger partial charge is 0.310 e. The fourth-order valence-corrected chi connectivity index (χ4v) is 4.39. The number of para-hydroxylation sites is 1. The Bertz CT molecular complexity index is 1070. The number of fused-ring (bicyclic) bond motifs is 2. The van der Waals surface area contributed by atoms with E-state index in [-0.39, 0.29) is 11.5 Å². The second kappa shape index (κ2) is 7.74. The summed E-state index contributed by atoms with van der Waals surface area (Å²) in [4.78, 5) is 32.4. The Morgan fingerprint density at radius 2 is 2.07 bits per heavy atom. The van der Waals surface area contributed by atoms with Crippen LogP contribution >= 0.6 is 23.4 Å². The van der Waals surface area contributed by atoms with E-state index in [9.17, 15) is 9.59 Å². The Hall–Kier alpha value is -2.31. The quantitative estimate of drug-likeness (QED) is 0.666. The van der Waals surface area contributed by atoms with Gasteiger partial charge in [-0.1, -0.05) is 23.7 Å². The molecule has 1 amide bonds. The average Bonchev–Trinajstić information content (AvgIpc) is 2.69. The number of aromatic nitrogens is 2. The van der Waals surface area contributed by atoms with E-state index in [1.165, 1.54) is 0 Å². The Kier molecular flexibility index (Phi) is 5.18. The molecule has 4 rings (SSSR count). The highest BCUT2D eigenvalue weighted by Crippen LogP contribution is 2.36. The van der Waals surface area contributed by atoms with E-state index in [1.54, 1.807) is 33.6 Å². The lowest BCUT2D eigenvalue weighted by atomic mass is 10.2. The molecule has 7 heteroatoms. The minimum absolute atomic E-state index is 0.0561. The van der Waals surface area contributed by atoms with Gasteiger partial charge < -0.3 is 4.90 Å². The number of hydrogen-bond donors (Lipinski definition) is 0. The Morgan fingerprint density at radius 1 is 1.22 bits per heavy atom. The van der Waals surface area contributed by atoms with Crippen LogP contribution in [-0.2, 0) is 11.3 Å². The van der Waals surface area contributed by atoms with Crippen LogP contribution in [-0.4, -0.2) is 27.8 Å². The van der Waals surface area contributed by atoms with E-state index in [4.69, 9.17) is 11.6 Å². The lowest BCUT2D eigenvalue weighted by molar-refractivity contribution is -0.118. The molecule has 0 saturated carbocycles. The van der Waals surface area contributed by atoms with Gasteiger partial charge in [0.2, 0.25) is 5.91 Å². The number of rotatable bonds is 4. The third kappa shape index (κ3) is 3.73. The fourth-order valence-electron chi connectivity index (χ4n) is 3.25. The first-order valence-corrected chi connectivity index (χ1v) is 10.2. The summed E-state index contributed by atoms with van der Waals surface area (Å²) in [7, 11) is 0. The van der Waals surface area contributed by atoms with Gasteiger partial charge >= 0.3 is 0 Å². The number of thioether (sulfide) groups is 1. The number of benzene rings is 2. The SMILES string of the molecule is O=C(CCCn1cnc2ccccc2c1=O)N1CCSc2ccc(Cl)cc21. The molecule has 27 heavy (non-hydrogen) atoms. The van der Waals surface area contributed by atoms with Crippen molar-refractivity contribution in [3.63, 3.8) is 0 Å². The Labute approximate surface area is 166 Å². The minimum atomic E-state index is -0.0699. The van der Waals surface area contributed by atoms with E-state index < -0.39 is 0 Å². The van der Waals surface area contributed by atoms with Crippen molar-refractivity contribution in [1.82, 2.24) is 9.55 Å². The molecular formula is C20H18ClN3O2S. The normalized spacial score (nSPS) is 13.6. The van der Waals surface area contributed by atoms with E-state index >= 15 is 0 Å². The molecule has 1 aliphatic heterocycles. The van der Waals surface area contributed by atoms with Crippen molar-refractivity contribution in [2.24, 2.45) is 0 Å². The number of anilines is 1. The number of aryl methyl sites for hydroxylation is 1. The van der Waals surface area contributed by atoms with Gasteiger partial charge in [0, 0.05) is 35.2 Å². The molecule has 0 aliphatic carbocycles. The van der Waals surface area contributed by atoms with Gasteiger partial charge in [0.25, 0.3) is 5.56 Å². The smallest absolute Gasteiger partial charge is 0.261 e. The van der Waals surface area contributed by atoms with Crippen LogP contribution in [0.3, 0.4) is 0 Å². The van der Waals surface area contributed by atoms with Crippen LogP contribution in [0.4, 0.5) is 5.69 Å². The van der Waals surface area contributed by atoms with Crippen LogP contribution < -0.4 is 10.5 Å². The van der Waals surface area contributed by atoms with E-state index in [0.717, 1.165) is 16.3 Å². The van der Waals surface area contributed by atoms with Crippen molar-refractivity contribution in [2.75, 3.05) is 17.2 Å². The first kappa shape index (κ1) is 18.1. The molecule has 5 nitrogen and oxygen atoms in total. The van der Waals surface area contributed by atoms with Crippen LogP contribution in [0.1, 0.15) is 12.8 Å². The van der Waals surface area contributed by atoms with Crippen molar-refractivity contribution in [1.29, 1.82) is 0 Å². The second-order valence-electron chi connectivity index (χ2n) is 6.37. The summed E-state index contributed by atoms with van der Waals surface area (Å²) in [6.07, 6.45) is 2.51. The van der Waals surface area contributed by atoms with Gasteiger partial charge in [-0.05, 0) is 36.8 Å². The monoisotopic (exact) mass is 399 g/mol. The van der Waals surface area contributed by atoms with Gasteiger partial charge in [0.1, 0.15) is 0 Å². The number of carbonyl (C=O) groups is 1. The molecule has 0 N–H and O–H groups in total. The molecule has 2 heterocycles. The molecule has 1 aliphatic rings. The highest BCUT2D eigenvalue weighted by Gasteiger charge is 2.22.